The summed E-state index contributed by atoms with van der Waals surface area (Å²) in [4.78, 5) is 16.4. The SMILES string of the molecule is CCC(=O)N=c1sc2cccc(OC)c2n1CC. The number of ether oxygens (including phenoxy) is 1. The molecule has 18 heavy (non-hydrogen) atoms. The van der Waals surface area contributed by atoms with Crippen molar-refractivity contribution in [3.63, 3.8) is 0 Å². The number of para-hydroxylation sites is 1. The third-order valence-electron chi connectivity index (χ3n) is 2.72. The number of aromatic nitrogens is 1. The van der Waals surface area contributed by atoms with Crippen LogP contribution in [0, 0.1) is 0 Å². The Morgan fingerprint density at radius 2 is 2.22 bits per heavy atom. The Kier molecular flexibility index (Phi) is 3.81. The Morgan fingerprint density at radius 3 is 2.83 bits per heavy atom. The van der Waals surface area contributed by atoms with Crippen molar-refractivity contribution in [1.82, 2.24) is 4.57 Å². The second-order valence-corrected chi connectivity index (χ2v) is 4.80. The summed E-state index contributed by atoms with van der Waals surface area (Å²) in [6, 6.07) is 5.89. The van der Waals surface area contributed by atoms with Crippen molar-refractivity contribution in [3.05, 3.63) is 23.0 Å². The molecule has 0 spiro atoms. The van der Waals surface area contributed by atoms with Crippen molar-refractivity contribution in [1.29, 1.82) is 0 Å². The largest absolute Gasteiger partial charge is 0.495 e. The number of methoxy groups -OCH3 is 1. The molecular weight excluding hydrogens is 248 g/mol. The lowest BCUT2D eigenvalue weighted by atomic mass is 10.3. The molecule has 0 unspecified atom stereocenters. The van der Waals surface area contributed by atoms with Crippen molar-refractivity contribution >= 4 is 27.5 Å². The molecule has 1 aromatic carbocycles. The zero-order valence-corrected chi connectivity index (χ0v) is 11.6. The molecule has 0 aliphatic carbocycles. The molecular formula is C13H16N2O2S. The van der Waals surface area contributed by atoms with Crippen molar-refractivity contribution < 1.29 is 9.53 Å². The van der Waals surface area contributed by atoms with Gasteiger partial charge in [-0.1, -0.05) is 24.3 Å². The zero-order chi connectivity index (χ0) is 13.1. The smallest absolute Gasteiger partial charge is 0.248 e. The summed E-state index contributed by atoms with van der Waals surface area (Å²) in [6.45, 7) is 4.61. The summed E-state index contributed by atoms with van der Waals surface area (Å²) >= 11 is 1.52. The molecule has 1 aromatic heterocycles. The molecule has 0 aliphatic rings. The molecule has 0 atom stereocenters. The summed E-state index contributed by atoms with van der Waals surface area (Å²) in [5.74, 6) is 0.721. The predicted octanol–water partition coefficient (Wildman–Crippen LogP) is 2.57. The van der Waals surface area contributed by atoms with Gasteiger partial charge in [0.15, 0.2) is 4.80 Å². The van der Waals surface area contributed by atoms with E-state index in [4.69, 9.17) is 4.74 Å². The molecule has 0 aliphatic heterocycles. The Balaban J connectivity index is 2.77. The Morgan fingerprint density at radius 1 is 1.44 bits per heavy atom. The molecule has 0 fully saturated rings. The standard InChI is InChI=1S/C13H16N2O2S/c1-4-11(16)14-13-15(5-2)12-9(17-3)7-6-8-10(12)18-13/h6-8H,4-5H2,1-3H3. The van der Waals surface area contributed by atoms with E-state index in [1.807, 2.05) is 36.6 Å². The van der Waals surface area contributed by atoms with Crippen molar-refractivity contribution in [2.24, 2.45) is 4.99 Å². The second kappa shape index (κ2) is 5.35. The molecule has 5 heteroatoms. The number of aryl methyl sites for hydroxylation is 1. The van der Waals surface area contributed by atoms with Crippen LogP contribution in [-0.4, -0.2) is 17.6 Å². The first-order valence-corrected chi connectivity index (χ1v) is 6.76. The topological polar surface area (TPSA) is 43.6 Å². The van der Waals surface area contributed by atoms with E-state index in [-0.39, 0.29) is 5.91 Å². The number of nitrogens with zero attached hydrogens (tertiary/aromatic N) is 2. The van der Waals surface area contributed by atoms with Crippen molar-refractivity contribution in [2.45, 2.75) is 26.8 Å². The van der Waals surface area contributed by atoms with E-state index < -0.39 is 0 Å². The van der Waals surface area contributed by atoms with Crippen LogP contribution in [0.1, 0.15) is 20.3 Å². The summed E-state index contributed by atoms with van der Waals surface area (Å²) in [5.41, 5.74) is 1.01. The monoisotopic (exact) mass is 264 g/mol. The molecule has 0 bridgehead atoms. The highest BCUT2D eigenvalue weighted by Gasteiger charge is 2.10. The molecule has 2 rings (SSSR count). The lowest BCUT2D eigenvalue weighted by Crippen LogP contribution is -2.15. The van der Waals surface area contributed by atoms with Gasteiger partial charge in [-0.3, -0.25) is 4.79 Å². The summed E-state index contributed by atoms with van der Waals surface area (Å²) in [5, 5.41) is 0. The van der Waals surface area contributed by atoms with E-state index in [2.05, 4.69) is 4.99 Å². The van der Waals surface area contributed by atoms with Crippen LogP contribution in [0.15, 0.2) is 23.2 Å². The predicted molar refractivity (Wildman–Crippen MR) is 72.9 cm³/mol. The van der Waals surface area contributed by atoms with Gasteiger partial charge in [-0.25, -0.2) is 0 Å². The summed E-state index contributed by atoms with van der Waals surface area (Å²) in [6.07, 6.45) is 0.426. The highest BCUT2D eigenvalue weighted by atomic mass is 32.1. The van der Waals surface area contributed by atoms with Crippen LogP contribution in [0.25, 0.3) is 10.2 Å². The van der Waals surface area contributed by atoms with E-state index >= 15 is 0 Å². The van der Waals surface area contributed by atoms with Gasteiger partial charge in [-0.2, -0.15) is 4.99 Å². The molecule has 96 valence electrons. The highest BCUT2D eigenvalue weighted by molar-refractivity contribution is 7.16. The molecule has 1 amide bonds. The summed E-state index contributed by atoms with van der Waals surface area (Å²) in [7, 11) is 1.65. The number of carbonyl (C=O) groups excluding carboxylic acids is 1. The number of hydrogen-bond acceptors (Lipinski definition) is 3. The third kappa shape index (κ3) is 2.18. The second-order valence-electron chi connectivity index (χ2n) is 3.80. The normalized spacial score (nSPS) is 12.1. The van der Waals surface area contributed by atoms with Crippen LogP contribution in [0.5, 0.6) is 5.75 Å². The molecule has 1 heterocycles. The summed E-state index contributed by atoms with van der Waals surface area (Å²) < 4.78 is 8.48. The van der Waals surface area contributed by atoms with Crippen molar-refractivity contribution in [3.8, 4) is 5.75 Å². The van der Waals surface area contributed by atoms with Crippen LogP contribution in [-0.2, 0) is 11.3 Å². The first kappa shape index (κ1) is 12.8. The number of rotatable bonds is 3. The Bertz CT molecular complexity index is 640. The van der Waals surface area contributed by atoms with Gasteiger partial charge in [0.25, 0.3) is 0 Å². The van der Waals surface area contributed by atoms with E-state index in [0.717, 1.165) is 27.3 Å². The van der Waals surface area contributed by atoms with E-state index in [0.29, 0.717) is 6.42 Å². The average molecular weight is 264 g/mol. The van der Waals surface area contributed by atoms with Crippen LogP contribution >= 0.6 is 11.3 Å². The number of hydrogen-bond donors (Lipinski definition) is 0. The maximum atomic E-state index is 11.5. The van der Waals surface area contributed by atoms with Crippen molar-refractivity contribution in [2.75, 3.05) is 7.11 Å². The molecule has 4 nitrogen and oxygen atoms in total. The van der Waals surface area contributed by atoms with Gasteiger partial charge in [-0.05, 0) is 19.1 Å². The van der Waals surface area contributed by atoms with Crippen LogP contribution < -0.4 is 9.54 Å². The van der Waals surface area contributed by atoms with E-state index in [9.17, 15) is 4.79 Å². The van der Waals surface area contributed by atoms with Gasteiger partial charge in [0, 0.05) is 13.0 Å². The fraction of sp³-hybridized carbons (Fsp3) is 0.385. The first-order chi connectivity index (χ1) is 8.71. The number of benzene rings is 1. The molecule has 0 saturated carbocycles. The van der Waals surface area contributed by atoms with Crippen LogP contribution in [0.3, 0.4) is 0 Å². The minimum atomic E-state index is -0.0947. The third-order valence-corrected chi connectivity index (χ3v) is 3.77. The zero-order valence-electron chi connectivity index (χ0n) is 10.8. The number of carbonyl (C=O) groups is 1. The molecule has 0 saturated heterocycles. The average Bonchev–Trinajstić information content (AvgIpc) is 2.75. The highest BCUT2D eigenvalue weighted by Crippen LogP contribution is 2.27. The van der Waals surface area contributed by atoms with E-state index in [1.165, 1.54) is 11.3 Å². The lowest BCUT2D eigenvalue weighted by Gasteiger charge is -2.05. The number of thiazole rings is 1. The van der Waals surface area contributed by atoms with Gasteiger partial charge in [0.1, 0.15) is 11.3 Å². The van der Waals surface area contributed by atoms with Crippen LogP contribution in [0.4, 0.5) is 0 Å². The maximum absolute atomic E-state index is 11.5. The van der Waals surface area contributed by atoms with Gasteiger partial charge in [0.05, 0.1) is 11.8 Å². The molecule has 2 aromatic rings. The maximum Gasteiger partial charge on any atom is 0.248 e. The fourth-order valence-corrected chi connectivity index (χ4v) is 2.96. The van der Waals surface area contributed by atoms with E-state index in [1.54, 1.807) is 7.11 Å². The minimum Gasteiger partial charge on any atom is -0.495 e. The van der Waals surface area contributed by atoms with Gasteiger partial charge in [-0.15, -0.1) is 0 Å². The van der Waals surface area contributed by atoms with Crippen LogP contribution in [0.2, 0.25) is 0 Å². The Labute approximate surface area is 110 Å². The van der Waals surface area contributed by atoms with Gasteiger partial charge < -0.3 is 9.30 Å². The lowest BCUT2D eigenvalue weighted by molar-refractivity contribution is -0.117. The minimum absolute atomic E-state index is 0.0947. The number of amides is 1. The van der Waals surface area contributed by atoms with Gasteiger partial charge in [0.2, 0.25) is 5.91 Å². The fourth-order valence-electron chi connectivity index (χ4n) is 1.83. The number of fused-ring (bicyclic) bond motifs is 1. The molecule has 0 radical (unpaired) electrons. The Hall–Kier alpha value is -1.62. The molecule has 0 N–H and O–H groups in total. The first-order valence-electron chi connectivity index (χ1n) is 5.95. The quantitative estimate of drug-likeness (QED) is 0.855. The van der Waals surface area contributed by atoms with Gasteiger partial charge >= 0.3 is 0 Å².